The van der Waals surface area contributed by atoms with Crippen LogP contribution in [-0.4, -0.2) is 0 Å². The molecule has 0 saturated heterocycles. The molecule has 3 aromatic rings. The summed E-state index contributed by atoms with van der Waals surface area (Å²) in [6.45, 7) is 7.96. The van der Waals surface area contributed by atoms with Crippen LogP contribution in [0.15, 0.2) is 92.0 Å². The maximum absolute atomic E-state index is 6.82. The van der Waals surface area contributed by atoms with E-state index in [4.69, 9.17) is 4.74 Å². The highest BCUT2D eigenvalue weighted by atomic mass is 16.5. The van der Waals surface area contributed by atoms with Crippen LogP contribution in [-0.2, 0) is 10.3 Å². The van der Waals surface area contributed by atoms with E-state index in [9.17, 15) is 0 Å². The molecule has 4 rings (SSSR count). The second kappa shape index (κ2) is 6.34. The first-order valence-corrected chi connectivity index (χ1v) is 8.77. The molecule has 0 spiro atoms. The lowest BCUT2D eigenvalue weighted by molar-refractivity contribution is -0.0760. The maximum atomic E-state index is 6.82. The van der Waals surface area contributed by atoms with E-state index in [2.05, 4.69) is 73.8 Å². The lowest BCUT2D eigenvalue weighted by atomic mass is 9.76. The second-order valence-electron chi connectivity index (χ2n) is 6.57. The molecular formula is C24H22O. The fourth-order valence-corrected chi connectivity index (χ4v) is 4.08. The largest absolute Gasteiger partial charge is 0.357 e. The van der Waals surface area contributed by atoms with Crippen molar-refractivity contribution < 1.29 is 4.74 Å². The zero-order valence-electron chi connectivity index (χ0n) is 14.3. The fourth-order valence-electron chi connectivity index (χ4n) is 4.08. The Hall–Kier alpha value is -2.64. The smallest absolute Gasteiger partial charge is 0.123 e. The summed E-state index contributed by atoms with van der Waals surface area (Å²) in [7, 11) is 0. The normalized spacial score (nSPS) is 21.8. The zero-order chi connectivity index (χ0) is 17.3. The van der Waals surface area contributed by atoms with Crippen molar-refractivity contribution in [1.82, 2.24) is 0 Å². The van der Waals surface area contributed by atoms with Gasteiger partial charge in [-0.1, -0.05) is 78.9 Å². The molecule has 3 aromatic carbocycles. The number of hydrogen-bond donors (Lipinski definition) is 0. The lowest BCUT2D eigenvalue weighted by Crippen LogP contribution is -2.36. The molecule has 0 amide bonds. The van der Waals surface area contributed by atoms with Gasteiger partial charge in [-0.3, -0.25) is 0 Å². The third-order valence-electron chi connectivity index (χ3n) is 5.11. The molecule has 1 heterocycles. The SMILES string of the molecule is C=CC[C@H]1O[C@@](CC=C)(c2ccccc2)c2cccc3cccc1c23. The van der Waals surface area contributed by atoms with Crippen molar-refractivity contribution in [1.29, 1.82) is 0 Å². The molecular weight excluding hydrogens is 304 g/mol. The van der Waals surface area contributed by atoms with Gasteiger partial charge < -0.3 is 4.74 Å². The minimum Gasteiger partial charge on any atom is -0.357 e. The van der Waals surface area contributed by atoms with Crippen molar-refractivity contribution in [2.45, 2.75) is 24.5 Å². The molecule has 0 unspecified atom stereocenters. The van der Waals surface area contributed by atoms with E-state index >= 15 is 0 Å². The summed E-state index contributed by atoms with van der Waals surface area (Å²) in [5, 5.41) is 2.57. The standard InChI is InChI=1S/C24H22O/c1-3-10-22-20-15-8-11-18-12-9-16-21(23(18)20)24(25-22,17-4-2)19-13-6-5-7-14-19/h3-9,11-16,22H,1-2,10,17H2/t22-,24+/m1/s1. The van der Waals surface area contributed by atoms with Gasteiger partial charge >= 0.3 is 0 Å². The Kier molecular flexibility index (Phi) is 4.03. The van der Waals surface area contributed by atoms with Gasteiger partial charge in [-0.25, -0.2) is 0 Å². The number of ether oxygens (including phenoxy) is 1. The highest BCUT2D eigenvalue weighted by Gasteiger charge is 2.42. The van der Waals surface area contributed by atoms with Gasteiger partial charge in [0.25, 0.3) is 0 Å². The Morgan fingerprint density at radius 1 is 0.880 bits per heavy atom. The molecule has 0 bridgehead atoms. The van der Waals surface area contributed by atoms with Gasteiger partial charge in [-0.2, -0.15) is 0 Å². The average Bonchev–Trinajstić information content (AvgIpc) is 2.66. The van der Waals surface area contributed by atoms with Gasteiger partial charge in [-0.05, 0) is 33.9 Å². The van der Waals surface area contributed by atoms with E-state index in [0.717, 1.165) is 12.8 Å². The molecule has 1 nitrogen and oxygen atoms in total. The predicted octanol–water partition coefficient (Wildman–Crippen LogP) is 6.31. The molecule has 0 aromatic heterocycles. The minimum atomic E-state index is -0.509. The van der Waals surface area contributed by atoms with E-state index in [1.165, 1.54) is 27.5 Å². The van der Waals surface area contributed by atoms with Crippen LogP contribution in [0.25, 0.3) is 10.8 Å². The van der Waals surface area contributed by atoms with Crippen molar-refractivity contribution in [3.05, 3.63) is 109 Å². The van der Waals surface area contributed by atoms with Crippen LogP contribution in [0.1, 0.15) is 35.6 Å². The highest BCUT2D eigenvalue weighted by Crippen LogP contribution is 2.50. The van der Waals surface area contributed by atoms with Gasteiger partial charge in [0.15, 0.2) is 0 Å². The summed E-state index contributed by atoms with van der Waals surface area (Å²) in [5.41, 5.74) is 3.14. The quantitative estimate of drug-likeness (QED) is 0.499. The Bertz CT molecular complexity index is 920. The van der Waals surface area contributed by atoms with Gasteiger partial charge in [-0.15, -0.1) is 13.2 Å². The predicted molar refractivity (Wildman–Crippen MR) is 105 cm³/mol. The first-order chi connectivity index (χ1) is 12.3. The number of benzene rings is 3. The molecule has 0 aliphatic carbocycles. The molecule has 1 heteroatoms. The Balaban J connectivity index is 2.08. The summed E-state index contributed by atoms with van der Waals surface area (Å²) in [6, 6.07) is 23.5. The van der Waals surface area contributed by atoms with Crippen LogP contribution in [0, 0.1) is 0 Å². The Morgan fingerprint density at radius 3 is 2.36 bits per heavy atom. The van der Waals surface area contributed by atoms with Gasteiger partial charge in [0.1, 0.15) is 5.60 Å². The van der Waals surface area contributed by atoms with Crippen LogP contribution in [0.3, 0.4) is 0 Å². The molecule has 0 N–H and O–H groups in total. The lowest BCUT2D eigenvalue weighted by Gasteiger charge is -2.42. The fraction of sp³-hybridized carbons (Fsp3) is 0.167. The van der Waals surface area contributed by atoms with E-state index in [1.807, 2.05) is 18.2 Å². The summed E-state index contributed by atoms with van der Waals surface area (Å²) in [5.74, 6) is 0. The van der Waals surface area contributed by atoms with E-state index in [1.54, 1.807) is 0 Å². The molecule has 124 valence electrons. The van der Waals surface area contributed by atoms with Crippen molar-refractivity contribution >= 4 is 10.8 Å². The monoisotopic (exact) mass is 326 g/mol. The molecule has 1 aliphatic rings. The summed E-state index contributed by atoms with van der Waals surface area (Å²) in [4.78, 5) is 0. The molecule has 1 aliphatic heterocycles. The van der Waals surface area contributed by atoms with E-state index in [0.29, 0.717) is 0 Å². The van der Waals surface area contributed by atoms with Crippen LogP contribution in [0.4, 0.5) is 0 Å². The average molecular weight is 326 g/mol. The first kappa shape index (κ1) is 15.9. The molecule has 0 fully saturated rings. The molecule has 0 saturated carbocycles. The third kappa shape index (κ3) is 2.43. The summed E-state index contributed by atoms with van der Waals surface area (Å²) < 4.78 is 6.82. The first-order valence-electron chi connectivity index (χ1n) is 8.77. The van der Waals surface area contributed by atoms with Crippen molar-refractivity contribution in [2.75, 3.05) is 0 Å². The van der Waals surface area contributed by atoms with Gasteiger partial charge in [0, 0.05) is 6.42 Å². The van der Waals surface area contributed by atoms with Crippen LogP contribution < -0.4 is 0 Å². The van der Waals surface area contributed by atoms with Gasteiger partial charge in [0.2, 0.25) is 0 Å². The third-order valence-corrected chi connectivity index (χ3v) is 5.11. The van der Waals surface area contributed by atoms with Crippen LogP contribution >= 0.6 is 0 Å². The van der Waals surface area contributed by atoms with Crippen molar-refractivity contribution in [3.8, 4) is 0 Å². The van der Waals surface area contributed by atoms with Crippen molar-refractivity contribution in [2.24, 2.45) is 0 Å². The highest BCUT2D eigenvalue weighted by molar-refractivity contribution is 5.91. The molecule has 0 radical (unpaired) electrons. The Labute approximate surface area is 149 Å². The van der Waals surface area contributed by atoms with E-state index in [-0.39, 0.29) is 6.10 Å². The van der Waals surface area contributed by atoms with Crippen LogP contribution in [0.2, 0.25) is 0 Å². The Morgan fingerprint density at radius 2 is 1.64 bits per heavy atom. The van der Waals surface area contributed by atoms with Crippen molar-refractivity contribution in [3.63, 3.8) is 0 Å². The topological polar surface area (TPSA) is 9.23 Å². The minimum absolute atomic E-state index is 0.00347. The second-order valence-corrected chi connectivity index (χ2v) is 6.57. The summed E-state index contributed by atoms with van der Waals surface area (Å²) >= 11 is 0. The van der Waals surface area contributed by atoms with Crippen LogP contribution in [0.5, 0.6) is 0 Å². The maximum Gasteiger partial charge on any atom is 0.123 e. The molecule has 2 atom stereocenters. The number of hydrogen-bond acceptors (Lipinski definition) is 1. The van der Waals surface area contributed by atoms with E-state index < -0.39 is 5.60 Å². The molecule has 25 heavy (non-hydrogen) atoms. The zero-order valence-corrected chi connectivity index (χ0v) is 14.3. The number of rotatable bonds is 5. The van der Waals surface area contributed by atoms with Gasteiger partial charge in [0.05, 0.1) is 6.10 Å². The summed E-state index contributed by atoms with van der Waals surface area (Å²) in [6.07, 6.45) is 5.43.